The van der Waals surface area contributed by atoms with Gasteiger partial charge in [-0.2, -0.15) is 8.78 Å². The second kappa shape index (κ2) is 9.67. The van der Waals surface area contributed by atoms with Gasteiger partial charge in [0.25, 0.3) is 5.63 Å². The van der Waals surface area contributed by atoms with E-state index in [1.165, 1.54) is 6.07 Å². The van der Waals surface area contributed by atoms with E-state index in [1.54, 1.807) is 0 Å². The Morgan fingerprint density at radius 2 is 1.77 bits per heavy atom. The summed E-state index contributed by atoms with van der Waals surface area (Å²) in [5.41, 5.74) is -3.45. The fourth-order valence-electron chi connectivity index (χ4n) is 2.61. The largest absolute Gasteiger partial charge is 0.493 e. The van der Waals surface area contributed by atoms with Crippen LogP contribution in [0.15, 0.2) is 35.3 Å². The molecule has 0 saturated heterocycles. The number of alkyl halides is 4. The lowest BCUT2D eigenvalue weighted by Crippen LogP contribution is -2.33. The van der Waals surface area contributed by atoms with E-state index in [1.807, 2.05) is 0 Å². The number of hydrogen-bond donors (Lipinski definition) is 0. The van der Waals surface area contributed by atoms with Crippen molar-refractivity contribution in [2.75, 3.05) is 13.2 Å². The molecule has 31 heavy (non-hydrogen) atoms. The molecule has 1 aliphatic rings. The van der Waals surface area contributed by atoms with Crippen molar-refractivity contribution in [3.05, 3.63) is 57.6 Å². The van der Waals surface area contributed by atoms with E-state index in [2.05, 4.69) is 9.73 Å². The maximum Gasteiger partial charge on any atom is 0.444 e. The standard InChI is InChI=1S/C19H13Cl3F5NO3/c20-11-6-10(7-12(21)16(11)31-19(26,27)18(22)25)29-5-4-9-8-30-17(28-9)15-13(23)2-1-3-14(15)24/h1-3,6-7,9,18H,4-5,8H2. The first-order valence-electron chi connectivity index (χ1n) is 8.70. The summed E-state index contributed by atoms with van der Waals surface area (Å²) in [5, 5.41) is -0.696. The molecule has 3 rings (SSSR count). The van der Waals surface area contributed by atoms with Crippen molar-refractivity contribution in [1.29, 1.82) is 0 Å². The van der Waals surface area contributed by atoms with Gasteiger partial charge in [-0.05, 0) is 12.1 Å². The van der Waals surface area contributed by atoms with Gasteiger partial charge in [0.15, 0.2) is 5.75 Å². The molecule has 0 amide bonds. The second-order valence-corrected chi connectivity index (χ2v) is 7.51. The van der Waals surface area contributed by atoms with Crippen molar-refractivity contribution in [2.45, 2.75) is 24.2 Å². The van der Waals surface area contributed by atoms with E-state index < -0.39 is 35.2 Å². The zero-order chi connectivity index (χ0) is 22.8. The van der Waals surface area contributed by atoms with Gasteiger partial charge >= 0.3 is 6.11 Å². The van der Waals surface area contributed by atoms with E-state index >= 15 is 0 Å². The highest BCUT2D eigenvalue weighted by Crippen LogP contribution is 2.41. The number of hydrogen-bond acceptors (Lipinski definition) is 4. The third kappa shape index (κ3) is 5.64. The minimum absolute atomic E-state index is 0.0712. The van der Waals surface area contributed by atoms with Crippen LogP contribution in [0.5, 0.6) is 11.5 Å². The first-order valence-corrected chi connectivity index (χ1v) is 9.89. The minimum atomic E-state index is -4.34. The Bertz CT molecular complexity index is 947. The van der Waals surface area contributed by atoms with Crippen LogP contribution in [0, 0.1) is 11.6 Å². The molecule has 2 aromatic rings. The van der Waals surface area contributed by atoms with Gasteiger partial charge in [0.05, 0.1) is 22.7 Å². The molecule has 0 fully saturated rings. The molecule has 2 aromatic carbocycles. The third-order valence-corrected chi connectivity index (χ3v) is 4.89. The molecule has 168 valence electrons. The lowest BCUT2D eigenvalue weighted by atomic mass is 10.2. The Hall–Kier alpha value is -1.97. The molecule has 1 aliphatic heterocycles. The van der Waals surface area contributed by atoms with Gasteiger partial charge < -0.3 is 14.2 Å². The molecule has 1 heterocycles. The fourth-order valence-corrected chi connectivity index (χ4v) is 3.20. The van der Waals surface area contributed by atoms with Gasteiger partial charge in [-0.3, -0.25) is 0 Å². The fraction of sp³-hybridized carbons (Fsp3) is 0.316. The molecule has 0 spiro atoms. The highest BCUT2D eigenvalue weighted by Gasteiger charge is 2.43. The molecule has 4 nitrogen and oxygen atoms in total. The molecule has 0 bridgehead atoms. The van der Waals surface area contributed by atoms with Crippen LogP contribution in [0.2, 0.25) is 10.0 Å². The van der Waals surface area contributed by atoms with E-state index in [4.69, 9.17) is 44.3 Å². The van der Waals surface area contributed by atoms with Gasteiger partial charge in [0.2, 0.25) is 5.90 Å². The summed E-state index contributed by atoms with van der Waals surface area (Å²) >= 11 is 16.5. The normalized spacial score (nSPS) is 17.2. The van der Waals surface area contributed by atoms with Crippen molar-refractivity contribution in [1.82, 2.24) is 0 Å². The number of aliphatic imine (C=N–C) groups is 1. The van der Waals surface area contributed by atoms with Crippen LogP contribution in [-0.2, 0) is 4.74 Å². The molecule has 12 heteroatoms. The monoisotopic (exact) mass is 503 g/mol. The Balaban J connectivity index is 1.61. The molecule has 0 aromatic heterocycles. The molecular weight excluding hydrogens is 492 g/mol. The third-order valence-electron chi connectivity index (χ3n) is 4.07. The number of rotatable bonds is 8. The zero-order valence-corrected chi connectivity index (χ0v) is 17.6. The average Bonchev–Trinajstić information content (AvgIpc) is 3.13. The molecule has 2 atom stereocenters. The van der Waals surface area contributed by atoms with Crippen LogP contribution in [0.3, 0.4) is 0 Å². The number of halogens is 8. The van der Waals surface area contributed by atoms with E-state index in [0.717, 1.165) is 24.3 Å². The average molecular weight is 505 g/mol. The summed E-state index contributed by atoms with van der Waals surface area (Å²) in [4.78, 5) is 4.15. The van der Waals surface area contributed by atoms with Crippen molar-refractivity contribution in [3.63, 3.8) is 0 Å². The summed E-state index contributed by atoms with van der Waals surface area (Å²) in [6, 6.07) is 5.29. The highest BCUT2D eigenvalue weighted by atomic mass is 35.5. The molecular formula is C19H13Cl3F5NO3. The number of benzene rings is 2. The van der Waals surface area contributed by atoms with Gasteiger partial charge in [0.1, 0.15) is 29.6 Å². The predicted molar refractivity (Wildman–Crippen MR) is 106 cm³/mol. The van der Waals surface area contributed by atoms with Crippen LogP contribution < -0.4 is 9.47 Å². The lowest BCUT2D eigenvalue weighted by molar-refractivity contribution is -0.198. The minimum Gasteiger partial charge on any atom is -0.493 e. The van der Waals surface area contributed by atoms with Gasteiger partial charge in [-0.25, -0.2) is 18.2 Å². The zero-order valence-electron chi connectivity index (χ0n) is 15.4. The van der Waals surface area contributed by atoms with E-state index in [-0.39, 0.29) is 40.5 Å². The Morgan fingerprint density at radius 3 is 2.35 bits per heavy atom. The smallest absolute Gasteiger partial charge is 0.444 e. The van der Waals surface area contributed by atoms with Gasteiger partial charge in [0, 0.05) is 18.6 Å². The van der Waals surface area contributed by atoms with Crippen molar-refractivity contribution in [3.8, 4) is 11.5 Å². The van der Waals surface area contributed by atoms with Crippen molar-refractivity contribution >= 4 is 40.7 Å². The summed E-state index contributed by atoms with van der Waals surface area (Å²) in [6.45, 7) is 0.167. The van der Waals surface area contributed by atoms with Crippen molar-refractivity contribution < 1.29 is 36.2 Å². The molecule has 0 radical (unpaired) electrons. The Morgan fingerprint density at radius 1 is 1.16 bits per heavy atom. The quantitative estimate of drug-likeness (QED) is 0.309. The molecule has 0 saturated carbocycles. The summed E-state index contributed by atoms with van der Waals surface area (Å²) < 4.78 is 81.9. The number of ether oxygens (including phenoxy) is 3. The highest BCUT2D eigenvalue weighted by molar-refractivity contribution is 6.37. The SMILES string of the molecule is Fc1cccc(F)c1C1=NC(CCOc2cc(Cl)c(OC(F)(F)C(F)Cl)c(Cl)c2)CO1. The maximum atomic E-state index is 13.8. The molecule has 0 N–H and O–H groups in total. The molecule has 0 aliphatic carbocycles. The molecule has 2 unspecified atom stereocenters. The Kier molecular flexibility index (Phi) is 7.39. The summed E-state index contributed by atoms with van der Waals surface area (Å²) in [5.74, 6) is -2.26. The van der Waals surface area contributed by atoms with Crippen molar-refractivity contribution in [2.24, 2.45) is 4.99 Å². The van der Waals surface area contributed by atoms with E-state index in [0.29, 0.717) is 6.42 Å². The predicted octanol–water partition coefficient (Wildman–Crippen LogP) is 6.39. The van der Waals surface area contributed by atoms with Crippen LogP contribution in [0.1, 0.15) is 12.0 Å². The van der Waals surface area contributed by atoms with Crippen LogP contribution in [0.25, 0.3) is 0 Å². The van der Waals surface area contributed by atoms with Gasteiger partial charge in [-0.1, -0.05) is 40.9 Å². The summed E-state index contributed by atoms with van der Waals surface area (Å²) in [6.07, 6.45) is -4.03. The Labute approximate surface area is 188 Å². The van der Waals surface area contributed by atoms with Crippen LogP contribution in [0.4, 0.5) is 22.0 Å². The van der Waals surface area contributed by atoms with Crippen LogP contribution >= 0.6 is 34.8 Å². The first kappa shape index (κ1) is 23.7. The maximum absolute atomic E-state index is 13.8. The topological polar surface area (TPSA) is 40.0 Å². The second-order valence-electron chi connectivity index (χ2n) is 6.31. The lowest BCUT2D eigenvalue weighted by Gasteiger charge is -2.20. The first-order chi connectivity index (χ1) is 14.6. The van der Waals surface area contributed by atoms with E-state index in [9.17, 15) is 22.0 Å². The number of nitrogens with zero attached hydrogens (tertiary/aromatic N) is 1. The van der Waals surface area contributed by atoms with Crippen LogP contribution in [-0.4, -0.2) is 36.9 Å². The summed E-state index contributed by atoms with van der Waals surface area (Å²) in [7, 11) is 0. The van der Waals surface area contributed by atoms with Gasteiger partial charge in [-0.15, -0.1) is 0 Å².